The summed E-state index contributed by atoms with van der Waals surface area (Å²) in [5, 5.41) is 10.4. The lowest BCUT2D eigenvalue weighted by Gasteiger charge is -2.39. The van der Waals surface area contributed by atoms with Gasteiger partial charge >= 0.3 is 0 Å². The van der Waals surface area contributed by atoms with Crippen LogP contribution in [-0.4, -0.2) is 17.0 Å². The van der Waals surface area contributed by atoms with Crippen LogP contribution in [0.1, 0.15) is 47.0 Å². The summed E-state index contributed by atoms with van der Waals surface area (Å²) < 4.78 is 0. The number of hydrogen-bond acceptors (Lipinski definition) is 2. The van der Waals surface area contributed by atoms with Crippen LogP contribution in [0, 0.1) is 11.3 Å². The normalized spacial score (nSPS) is 25.2. The van der Waals surface area contributed by atoms with Crippen LogP contribution in [0.25, 0.3) is 0 Å². The quantitative estimate of drug-likeness (QED) is 0.762. The third-order valence-corrected chi connectivity index (χ3v) is 4.25. The Bertz CT molecular complexity index is 478. The van der Waals surface area contributed by atoms with Crippen molar-refractivity contribution in [2.45, 2.75) is 53.1 Å². The summed E-state index contributed by atoms with van der Waals surface area (Å²) in [6.45, 7) is 11.8. The molecule has 21 heavy (non-hydrogen) atoms. The van der Waals surface area contributed by atoms with E-state index in [4.69, 9.17) is 0 Å². The highest BCUT2D eigenvalue weighted by atomic mass is 16.3. The van der Waals surface area contributed by atoms with Gasteiger partial charge in [0, 0.05) is 6.42 Å². The summed E-state index contributed by atoms with van der Waals surface area (Å²) in [7, 11) is 0. The summed E-state index contributed by atoms with van der Waals surface area (Å²) in [4.78, 5) is 12.1. The van der Waals surface area contributed by atoms with E-state index < -0.39 is 6.10 Å². The molecule has 1 aliphatic carbocycles. The van der Waals surface area contributed by atoms with E-state index in [0.717, 1.165) is 24.0 Å². The van der Waals surface area contributed by atoms with Gasteiger partial charge in [-0.3, -0.25) is 4.79 Å². The first-order chi connectivity index (χ1) is 9.77. The van der Waals surface area contributed by atoms with Gasteiger partial charge in [-0.15, -0.1) is 0 Å². The zero-order valence-corrected chi connectivity index (χ0v) is 13.7. The minimum Gasteiger partial charge on any atom is -0.388 e. The van der Waals surface area contributed by atoms with E-state index in [1.165, 1.54) is 0 Å². The Balaban J connectivity index is 2.82. The van der Waals surface area contributed by atoms with Gasteiger partial charge in [0.2, 0.25) is 0 Å². The lowest BCUT2D eigenvalue weighted by Crippen LogP contribution is -2.42. The maximum absolute atomic E-state index is 12.1. The second kappa shape index (κ2) is 7.56. The Morgan fingerprint density at radius 3 is 2.62 bits per heavy atom. The van der Waals surface area contributed by atoms with Gasteiger partial charge in [0.1, 0.15) is 5.78 Å². The van der Waals surface area contributed by atoms with Gasteiger partial charge < -0.3 is 5.11 Å². The van der Waals surface area contributed by atoms with Gasteiger partial charge in [-0.1, -0.05) is 62.0 Å². The van der Waals surface area contributed by atoms with Crippen molar-refractivity contribution in [3.63, 3.8) is 0 Å². The topological polar surface area (TPSA) is 37.3 Å². The number of ketones is 1. The van der Waals surface area contributed by atoms with E-state index in [1.807, 2.05) is 32.1 Å². The fourth-order valence-corrected chi connectivity index (χ4v) is 2.96. The summed E-state index contributed by atoms with van der Waals surface area (Å²) in [6.07, 6.45) is 11.2. The van der Waals surface area contributed by atoms with Crippen molar-refractivity contribution in [1.82, 2.24) is 0 Å². The minimum atomic E-state index is -0.707. The Morgan fingerprint density at radius 1 is 1.38 bits per heavy atom. The molecule has 0 aliphatic heterocycles. The Kier molecular flexibility index (Phi) is 6.35. The van der Waals surface area contributed by atoms with Crippen LogP contribution in [0.5, 0.6) is 0 Å². The van der Waals surface area contributed by atoms with Crippen molar-refractivity contribution in [2.75, 3.05) is 0 Å². The molecule has 0 bridgehead atoms. The molecule has 1 N–H and O–H groups in total. The predicted octanol–water partition coefficient (Wildman–Crippen LogP) is 4.38. The highest BCUT2D eigenvalue weighted by molar-refractivity contribution is 5.83. The molecule has 0 radical (unpaired) electrons. The fraction of sp³-hybridized carbons (Fsp3) is 0.526. The van der Waals surface area contributed by atoms with Crippen molar-refractivity contribution >= 4 is 5.78 Å². The third kappa shape index (κ3) is 5.13. The maximum atomic E-state index is 12.1. The molecule has 2 nitrogen and oxygen atoms in total. The van der Waals surface area contributed by atoms with Crippen molar-refractivity contribution in [3.05, 3.63) is 48.1 Å². The van der Waals surface area contributed by atoms with E-state index in [2.05, 4.69) is 20.4 Å². The van der Waals surface area contributed by atoms with Crippen LogP contribution in [0.2, 0.25) is 0 Å². The van der Waals surface area contributed by atoms with E-state index in [9.17, 15) is 9.90 Å². The molecule has 1 saturated carbocycles. The van der Waals surface area contributed by atoms with Gasteiger partial charge in [-0.2, -0.15) is 0 Å². The molecule has 0 aromatic rings. The van der Waals surface area contributed by atoms with Gasteiger partial charge in [-0.05, 0) is 32.1 Å². The van der Waals surface area contributed by atoms with E-state index in [0.29, 0.717) is 6.42 Å². The zero-order chi connectivity index (χ0) is 16.0. The maximum Gasteiger partial charge on any atom is 0.139 e. The first-order valence-corrected chi connectivity index (χ1v) is 7.64. The predicted molar refractivity (Wildman–Crippen MR) is 89.0 cm³/mol. The average Bonchev–Trinajstić information content (AvgIpc) is 2.36. The number of aliphatic hydroxyl groups is 1. The molecule has 1 rings (SSSR count). The summed E-state index contributed by atoms with van der Waals surface area (Å²) >= 11 is 0. The van der Waals surface area contributed by atoms with E-state index in [1.54, 1.807) is 12.2 Å². The smallest absolute Gasteiger partial charge is 0.139 e. The molecular formula is C19H28O2. The molecule has 0 spiro atoms. The number of rotatable bonds is 5. The molecule has 0 aromatic carbocycles. The summed E-state index contributed by atoms with van der Waals surface area (Å²) in [5.41, 5.74) is 1.92. The fourth-order valence-electron chi connectivity index (χ4n) is 2.96. The molecular weight excluding hydrogens is 260 g/mol. The third-order valence-electron chi connectivity index (χ3n) is 4.25. The molecule has 0 amide bonds. The van der Waals surface area contributed by atoms with Crippen LogP contribution < -0.4 is 0 Å². The second-order valence-electron chi connectivity index (χ2n) is 6.66. The molecule has 2 atom stereocenters. The summed E-state index contributed by atoms with van der Waals surface area (Å²) in [5.74, 6) is -0.103. The Labute approximate surface area is 128 Å². The van der Waals surface area contributed by atoms with Gasteiger partial charge in [0.25, 0.3) is 0 Å². The largest absolute Gasteiger partial charge is 0.388 e. The molecule has 116 valence electrons. The van der Waals surface area contributed by atoms with Crippen LogP contribution in [0.3, 0.4) is 0 Å². The lowest BCUT2D eigenvalue weighted by atomic mass is 9.66. The molecule has 0 aromatic heterocycles. The minimum absolute atomic E-state index is 0.130. The lowest BCUT2D eigenvalue weighted by molar-refractivity contribution is -0.133. The Hall–Kier alpha value is -1.41. The van der Waals surface area contributed by atoms with Crippen LogP contribution >= 0.6 is 0 Å². The van der Waals surface area contributed by atoms with Crippen LogP contribution in [0.15, 0.2) is 48.1 Å². The number of carbonyl (C=O) groups excluding carboxylic acids is 1. The number of aliphatic hydroxyl groups excluding tert-OH is 1. The van der Waals surface area contributed by atoms with Crippen LogP contribution in [0.4, 0.5) is 0 Å². The molecule has 1 fully saturated rings. The van der Waals surface area contributed by atoms with Gasteiger partial charge in [0.05, 0.1) is 12.0 Å². The van der Waals surface area contributed by atoms with Crippen molar-refractivity contribution in [2.24, 2.45) is 11.3 Å². The molecule has 1 aliphatic rings. The Morgan fingerprint density at radius 2 is 2.05 bits per heavy atom. The average molecular weight is 288 g/mol. The number of Topliss-reactive ketones (excluding diaryl/α,β-unsaturated/α-hetero) is 1. The first-order valence-electron chi connectivity index (χ1n) is 7.64. The van der Waals surface area contributed by atoms with Crippen molar-refractivity contribution < 1.29 is 9.90 Å². The summed E-state index contributed by atoms with van der Waals surface area (Å²) in [6, 6.07) is 0. The standard InChI is InChI=1S/C19H28O2/c1-6-14(2)9-7-10-15(3)13-17(21)18-16(20)11-8-12-19(18,4)5/h6-7,9-10,13,17-18,21H,1,8,11-12H2,2-5H3. The van der Waals surface area contributed by atoms with E-state index >= 15 is 0 Å². The van der Waals surface area contributed by atoms with Gasteiger partial charge in [0.15, 0.2) is 0 Å². The number of allylic oxidation sites excluding steroid dienone is 6. The van der Waals surface area contributed by atoms with Crippen molar-refractivity contribution in [3.8, 4) is 0 Å². The van der Waals surface area contributed by atoms with Crippen molar-refractivity contribution in [1.29, 1.82) is 0 Å². The van der Waals surface area contributed by atoms with Crippen LogP contribution in [-0.2, 0) is 4.79 Å². The van der Waals surface area contributed by atoms with Gasteiger partial charge in [-0.25, -0.2) is 0 Å². The number of hydrogen-bond donors (Lipinski definition) is 1. The molecule has 2 unspecified atom stereocenters. The SMILES string of the molecule is C=CC(C)=CC=CC(C)=CC(O)C1C(=O)CCCC1(C)C. The second-order valence-corrected chi connectivity index (χ2v) is 6.66. The highest BCUT2D eigenvalue weighted by Crippen LogP contribution is 2.40. The molecule has 0 saturated heterocycles. The highest BCUT2D eigenvalue weighted by Gasteiger charge is 2.41. The van der Waals surface area contributed by atoms with E-state index in [-0.39, 0.29) is 17.1 Å². The molecule has 2 heteroatoms. The zero-order valence-electron chi connectivity index (χ0n) is 13.7. The first kappa shape index (κ1) is 17.6. The number of carbonyl (C=O) groups is 1. The monoisotopic (exact) mass is 288 g/mol. The molecule has 0 heterocycles.